The van der Waals surface area contributed by atoms with Crippen LogP contribution in [-0.4, -0.2) is 26.9 Å². The molecule has 5 nitrogen and oxygen atoms in total. The Morgan fingerprint density at radius 2 is 1.95 bits per heavy atom. The van der Waals surface area contributed by atoms with E-state index in [1.807, 2.05) is 0 Å². The van der Waals surface area contributed by atoms with Gasteiger partial charge in [-0.05, 0) is 37.2 Å². The van der Waals surface area contributed by atoms with Crippen molar-refractivity contribution in [1.82, 2.24) is 20.3 Å². The van der Waals surface area contributed by atoms with E-state index in [1.165, 1.54) is 5.56 Å². The molecule has 1 aliphatic rings. The summed E-state index contributed by atoms with van der Waals surface area (Å²) in [4.78, 5) is 11.9. The van der Waals surface area contributed by atoms with Crippen LogP contribution in [0.4, 0.5) is 0 Å². The second kappa shape index (κ2) is 6.52. The van der Waals surface area contributed by atoms with Crippen LogP contribution in [0.2, 0.25) is 0 Å². The molecular formula is C16H20N4O. The zero-order chi connectivity index (χ0) is 14.5. The summed E-state index contributed by atoms with van der Waals surface area (Å²) in [6.45, 7) is 0.249. The Morgan fingerprint density at radius 3 is 2.62 bits per heavy atom. The van der Waals surface area contributed by atoms with E-state index in [0.717, 1.165) is 25.7 Å². The fraction of sp³-hybridized carbons (Fsp3) is 0.438. The van der Waals surface area contributed by atoms with Gasteiger partial charge < -0.3 is 5.32 Å². The van der Waals surface area contributed by atoms with Crippen molar-refractivity contribution >= 4 is 5.91 Å². The molecule has 5 heteroatoms. The number of rotatable bonds is 4. The zero-order valence-corrected chi connectivity index (χ0v) is 12.0. The third kappa shape index (κ3) is 3.68. The maximum atomic E-state index is 11.9. The van der Waals surface area contributed by atoms with Gasteiger partial charge in [0, 0.05) is 12.2 Å². The van der Waals surface area contributed by atoms with Gasteiger partial charge in [-0.2, -0.15) is 0 Å². The van der Waals surface area contributed by atoms with E-state index in [1.54, 1.807) is 17.1 Å². The molecule has 0 saturated heterocycles. The number of benzene rings is 1. The van der Waals surface area contributed by atoms with Gasteiger partial charge in [0.05, 0.1) is 6.20 Å². The minimum absolute atomic E-state index is 0.0173. The fourth-order valence-electron chi connectivity index (χ4n) is 3.03. The Morgan fingerprint density at radius 1 is 1.19 bits per heavy atom. The van der Waals surface area contributed by atoms with Gasteiger partial charge in [-0.25, -0.2) is 4.68 Å². The first-order valence-corrected chi connectivity index (χ1v) is 7.49. The molecule has 0 aliphatic heterocycles. The van der Waals surface area contributed by atoms with Crippen molar-refractivity contribution in [3.63, 3.8) is 0 Å². The number of hydrogen-bond acceptors (Lipinski definition) is 3. The predicted octanol–water partition coefficient (Wildman–Crippen LogP) is 2.12. The van der Waals surface area contributed by atoms with Crippen molar-refractivity contribution < 1.29 is 4.79 Å². The van der Waals surface area contributed by atoms with Gasteiger partial charge in [-0.1, -0.05) is 35.5 Å². The van der Waals surface area contributed by atoms with E-state index in [2.05, 4.69) is 46.0 Å². The van der Waals surface area contributed by atoms with Gasteiger partial charge in [-0.15, -0.1) is 5.10 Å². The van der Waals surface area contributed by atoms with Gasteiger partial charge in [-0.3, -0.25) is 4.79 Å². The molecule has 0 bridgehead atoms. The number of carbonyl (C=O) groups excluding carboxylic acids is 1. The average molecular weight is 284 g/mol. The molecule has 110 valence electrons. The minimum Gasteiger partial charge on any atom is -0.352 e. The Hall–Kier alpha value is -2.17. The molecule has 3 rings (SSSR count). The third-order valence-corrected chi connectivity index (χ3v) is 4.14. The second-order valence-corrected chi connectivity index (χ2v) is 5.63. The van der Waals surface area contributed by atoms with E-state index in [-0.39, 0.29) is 12.5 Å². The van der Waals surface area contributed by atoms with E-state index >= 15 is 0 Å². The molecule has 1 aromatic heterocycles. The molecule has 0 unspecified atom stereocenters. The van der Waals surface area contributed by atoms with Crippen LogP contribution in [-0.2, 0) is 11.3 Å². The normalized spacial score (nSPS) is 21.9. The van der Waals surface area contributed by atoms with Crippen LogP contribution in [0.3, 0.4) is 0 Å². The molecule has 1 N–H and O–H groups in total. The van der Waals surface area contributed by atoms with Crippen molar-refractivity contribution in [2.75, 3.05) is 0 Å². The highest BCUT2D eigenvalue weighted by Crippen LogP contribution is 2.32. The van der Waals surface area contributed by atoms with Gasteiger partial charge in [0.15, 0.2) is 0 Å². The molecule has 0 radical (unpaired) electrons. The van der Waals surface area contributed by atoms with Gasteiger partial charge >= 0.3 is 0 Å². The number of aromatic nitrogens is 3. The Balaban J connectivity index is 1.46. The maximum absolute atomic E-state index is 11.9. The van der Waals surface area contributed by atoms with Crippen LogP contribution >= 0.6 is 0 Å². The van der Waals surface area contributed by atoms with Crippen molar-refractivity contribution in [3.8, 4) is 0 Å². The molecule has 2 aromatic rings. The highest BCUT2D eigenvalue weighted by Gasteiger charge is 2.23. The predicted molar refractivity (Wildman–Crippen MR) is 79.6 cm³/mol. The molecule has 1 heterocycles. The van der Waals surface area contributed by atoms with Gasteiger partial charge in [0.2, 0.25) is 5.91 Å². The molecule has 1 fully saturated rings. The summed E-state index contributed by atoms with van der Waals surface area (Å²) in [6.07, 6.45) is 7.64. The first-order chi connectivity index (χ1) is 10.3. The van der Waals surface area contributed by atoms with Crippen molar-refractivity contribution in [2.24, 2.45) is 0 Å². The Kier molecular flexibility index (Phi) is 4.28. The van der Waals surface area contributed by atoms with Gasteiger partial charge in [0.1, 0.15) is 6.54 Å². The number of carbonyl (C=O) groups is 1. The van der Waals surface area contributed by atoms with Crippen LogP contribution in [0.15, 0.2) is 42.7 Å². The SMILES string of the molecule is O=C(Cn1ccnn1)NC1CCC(c2ccccc2)CC1. The summed E-state index contributed by atoms with van der Waals surface area (Å²) in [6, 6.07) is 11.0. The summed E-state index contributed by atoms with van der Waals surface area (Å²) in [5.74, 6) is 0.651. The van der Waals surface area contributed by atoms with Gasteiger partial charge in [0.25, 0.3) is 0 Å². The smallest absolute Gasteiger partial charge is 0.242 e. The van der Waals surface area contributed by atoms with Crippen LogP contribution in [0.5, 0.6) is 0 Å². The highest BCUT2D eigenvalue weighted by atomic mass is 16.2. The molecule has 1 amide bonds. The van der Waals surface area contributed by atoms with Crippen LogP contribution < -0.4 is 5.32 Å². The monoisotopic (exact) mass is 284 g/mol. The number of amides is 1. The van der Waals surface area contributed by atoms with Crippen molar-refractivity contribution in [3.05, 3.63) is 48.3 Å². The van der Waals surface area contributed by atoms with Crippen molar-refractivity contribution in [1.29, 1.82) is 0 Å². The fourth-order valence-corrected chi connectivity index (χ4v) is 3.03. The highest BCUT2D eigenvalue weighted by molar-refractivity contribution is 5.75. The largest absolute Gasteiger partial charge is 0.352 e. The van der Waals surface area contributed by atoms with Crippen LogP contribution in [0, 0.1) is 0 Å². The van der Waals surface area contributed by atoms with E-state index in [0.29, 0.717) is 12.0 Å². The number of nitrogens with zero attached hydrogens (tertiary/aromatic N) is 3. The minimum atomic E-state index is 0.0173. The average Bonchev–Trinajstić information content (AvgIpc) is 3.02. The molecule has 1 aromatic carbocycles. The maximum Gasteiger partial charge on any atom is 0.242 e. The lowest BCUT2D eigenvalue weighted by atomic mass is 9.82. The van der Waals surface area contributed by atoms with Crippen LogP contribution in [0.1, 0.15) is 37.2 Å². The standard InChI is InChI=1S/C16H20N4O/c21-16(12-20-11-10-17-19-20)18-15-8-6-14(7-9-15)13-4-2-1-3-5-13/h1-5,10-11,14-15H,6-9,12H2,(H,18,21). The lowest BCUT2D eigenvalue weighted by Gasteiger charge is -2.29. The van der Waals surface area contributed by atoms with E-state index in [9.17, 15) is 4.79 Å². The third-order valence-electron chi connectivity index (χ3n) is 4.14. The van der Waals surface area contributed by atoms with E-state index < -0.39 is 0 Å². The summed E-state index contributed by atoms with van der Waals surface area (Å²) >= 11 is 0. The second-order valence-electron chi connectivity index (χ2n) is 5.63. The lowest BCUT2D eigenvalue weighted by Crippen LogP contribution is -2.39. The summed E-state index contributed by atoms with van der Waals surface area (Å²) in [5.41, 5.74) is 1.42. The zero-order valence-electron chi connectivity index (χ0n) is 12.0. The Labute approximate surface area is 124 Å². The summed E-state index contributed by atoms with van der Waals surface area (Å²) in [7, 11) is 0. The number of hydrogen-bond donors (Lipinski definition) is 1. The first-order valence-electron chi connectivity index (χ1n) is 7.49. The molecular weight excluding hydrogens is 264 g/mol. The Bertz CT molecular complexity index is 559. The van der Waals surface area contributed by atoms with Crippen molar-refractivity contribution in [2.45, 2.75) is 44.2 Å². The quantitative estimate of drug-likeness (QED) is 0.935. The van der Waals surface area contributed by atoms with E-state index in [4.69, 9.17) is 0 Å². The summed E-state index contributed by atoms with van der Waals surface area (Å²) < 4.78 is 1.55. The molecule has 21 heavy (non-hydrogen) atoms. The topological polar surface area (TPSA) is 59.8 Å². The lowest BCUT2D eigenvalue weighted by molar-refractivity contribution is -0.122. The molecule has 0 atom stereocenters. The molecule has 0 spiro atoms. The van der Waals surface area contributed by atoms with Crippen LogP contribution in [0.25, 0.3) is 0 Å². The summed E-state index contributed by atoms with van der Waals surface area (Å²) in [5, 5.41) is 10.6. The molecule has 1 saturated carbocycles. The molecule has 1 aliphatic carbocycles. The first kappa shape index (κ1) is 13.8. The number of nitrogens with one attached hydrogen (secondary N) is 1.